The Hall–Kier alpha value is -2.33. The summed E-state index contributed by atoms with van der Waals surface area (Å²) in [5.74, 6) is 0. The molecule has 0 spiro atoms. The number of rotatable bonds is 5. The van der Waals surface area contributed by atoms with Crippen LogP contribution in [0, 0.1) is 0 Å². The number of hydrogen-bond acceptors (Lipinski definition) is 6. The van der Waals surface area contributed by atoms with Crippen LogP contribution in [0.3, 0.4) is 0 Å². The predicted octanol–water partition coefficient (Wildman–Crippen LogP) is 5.10. The highest BCUT2D eigenvalue weighted by molar-refractivity contribution is 8.24. The van der Waals surface area contributed by atoms with E-state index >= 15 is 0 Å². The Kier molecular flexibility index (Phi) is 7.10. The van der Waals surface area contributed by atoms with Gasteiger partial charge in [0.05, 0.1) is 11.0 Å². The summed E-state index contributed by atoms with van der Waals surface area (Å²) in [6.45, 7) is 3.80. The molecule has 0 saturated carbocycles. The number of hydrazone groups is 1. The standard InChI is InChI=1S/C21H24ClN5O2S2/c1-21(2)18(27(29)19(28)24-16-9-7-15(22)8-10-16)26(20(30)31-21)23-13-14-5-11-17(12-6-14)25(3)4/h5-13,18,29H,1-4H3,(H,24,28)/b23-13+. The molecule has 1 atom stereocenters. The van der Waals surface area contributed by atoms with Crippen molar-refractivity contribution in [1.82, 2.24) is 10.1 Å². The first-order chi connectivity index (χ1) is 14.6. The van der Waals surface area contributed by atoms with E-state index in [1.165, 1.54) is 16.8 Å². The minimum Gasteiger partial charge on any atom is -0.378 e. The lowest BCUT2D eigenvalue weighted by molar-refractivity contribution is -0.114. The smallest absolute Gasteiger partial charge is 0.347 e. The first-order valence-corrected chi connectivity index (χ1v) is 11.1. The zero-order valence-electron chi connectivity index (χ0n) is 17.6. The zero-order chi connectivity index (χ0) is 22.8. The van der Waals surface area contributed by atoms with Crippen LogP contribution in [0.1, 0.15) is 19.4 Å². The van der Waals surface area contributed by atoms with E-state index in [9.17, 15) is 10.0 Å². The fraction of sp³-hybridized carbons (Fsp3) is 0.286. The summed E-state index contributed by atoms with van der Waals surface area (Å²) in [5.41, 5.74) is 2.45. The Labute approximate surface area is 196 Å². The minimum absolute atomic E-state index is 0.467. The maximum Gasteiger partial charge on any atom is 0.347 e. The fourth-order valence-corrected chi connectivity index (χ4v) is 4.95. The number of carbonyl (C=O) groups excluding carboxylic acids is 1. The number of hydrogen-bond donors (Lipinski definition) is 2. The summed E-state index contributed by atoms with van der Waals surface area (Å²) >= 11 is 12.7. The summed E-state index contributed by atoms with van der Waals surface area (Å²) in [5, 5.41) is 20.6. The van der Waals surface area contributed by atoms with Gasteiger partial charge in [0.25, 0.3) is 0 Å². The Balaban J connectivity index is 1.79. The van der Waals surface area contributed by atoms with Gasteiger partial charge in [-0.15, -0.1) is 0 Å². The lowest BCUT2D eigenvalue weighted by Crippen LogP contribution is -2.54. The van der Waals surface area contributed by atoms with Crippen molar-refractivity contribution in [3.63, 3.8) is 0 Å². The molecule has 1 heterocycles. The molecule has 3 rings (SSSR count). The van der Waals surface area contributed by atoms with E-state index in [0.29, 0.717) is 20.1 Å². The van der Waals surface area contributed by atoms with Crippen LogP contribution >= 0.6 is 35.6 Å². The number of anilines is 2. The Bertz CT molecular complexity index is 980. The molecule has 0 aliphatic carbocycles. The second-order valence-corrected chi connectivity index (χ2v) is 10.4. The Morgan fingerprint density at radius 2 is 1.84 bits per heavy atom. The molecule has 31 heavy (non-hydrogen) atoms. The van der Waals surface area contributed by atoms with Crippen LogP contribution in [0.15, 0.2) is 53.6 Å². The summed E-state index contributed by atoms with van der Waals surface area (Å²) in [6.07, 6.45) is 0.862. The Morgan fingerprint density at radius 3 is 2.42 bits per heavy atom. The van der Waals surface area contributed by atoms with Crippen LogP contribution in [0.2, 0.25) is 5.02 Å². The monoisotopic (exact) mass is 477 g/mol. The van der Waals surface area contributed by atoms with Gasteiger partial charge < -0.3 is 10.2 Å². The molecule has 1 aliphatic rings. The maximum absolute atomic E-state index is 12.7. The molecule has 2 aromatic rings. The van der Waals surface area contributed by atoms with Gasteiger partial charge in [0.15, 0.2) is 10.5 Å². The number of nitrogens with one attached hydrogen (secondary N) is 1. The number of nitrogens with zero attached hydrogens (tertiary/aromatic N) is 4. The quantitative estimate of drug-likeness (QED) is 0.270. The highest BCUT2D eigenvalue weighted by Gasteiger charge is 2.50. The van der Waals surface area contributed by atoms with Gasteiger partial charge in [0.2, 0.25) is 0 Å². The molecule has 1 saturated heterocycles. The van der Waals surface area contributed by atoms with Crippen LogP contribution in [-0.2, 0) is 0 Å². The van der Waals surface area contributed by atoms with Crippen LogP contribution in [0.4, 0.5) is 16.2 Å². The van der Waals surface area contributed by atoms with E-state index in [0.717, 1.165) is 11.3 Å². The van der Waals surface area contributed by atoms with E-state index in [1.807, 2.05) is 57.1 Å². The van der Waals surface area contributed by atoms with Crippen molar-refractivity contribution in [3.05, 3.63) is 59.1 Å². The molecule has 1 fully saturated rings. The van der Waals surface area contributed by atoms with Gasteiger partial charge >= 0.3 is 6.03 Å². The number of carbonyl (C=O) groups is 1. The van der Waals surface area contributed by atoms with Crippen molar-refractivity contribution in [3.8, 4) is 0 Å². The summed E-state index contributed by atoms with van der Waals surface area (Å²) in [4.78, 5) is 14.7. The number of hydroxylamine groups is 2. The van der Waals surface area contributed by atoms with Crippen molar-refractivity contribution in [2.45, 2.75) is 24.8 Å². The summed E-state index contributed by atoms with van der Waals surface area (Å²) < 4.78 is -0.121. The number of benzene rings is 2. The molecule has 0 aromatic heterocycles. The number of amides is 2. The second-order valence-electron chi connectivity index (χ2n) is 7.70. The highest BCUT2D eigenvalue weighted by Crippen LogP contribution is 2.42. The highest BCUT2D eigenvalue weighted by atomic mass is 35.5. The summed E-state index contributed by atoms with van der Waals surface area (Å²) in [7, 11) is 3.95. The average Bonchev–Trinajstić information content (AvgIpc) is 2.95. The minimum atomic E-state index is -0.797. The average molecular weight is 478 g/mol. The van der Waals surface area contributed by atoms with Crippen molar-refractivity contribution >= 4 is 63.5 Å². The largest absolute Gasteiger partial charge is 0.378 e. The van der Waals surface area contributed by atoms with E-state index < -0.39 is 16.9 Å². The lowest BCUT2D eigenvalue weighted by atomic mass is 10.1. The van der Waals surface area contributed by atoms with Gasteiger partial charge in [0.1, 0.15) is 0 Å². The van der Waals surface area contributed by atoms with Gasteiger partial charge in [0, 0.05) is 30.5 Å². The van der Waals surface area contributed by atoms with Gasteiger partial charge in [-0.3, -0.25) is 5.21 Å². The maximum atomic E-state index is 12.7. The van der Waals surface area contributed by atoms with Crippen molar-refractivity contribution < 1.29 is 10.0 Å². The molecular formula is C21H24ClN5O2S2. The lowest BCUT2D eigenvalue weighted by Gasteiger charge is -2.34. The van der Waals surface area contributed by atoms with E-state index in [2.05, 4.69) is 10.4 Å². The Morgan fingerprint density at radius 1 is 1.23 bits per heavy atom. The van der Waals surface area contributed by atoms with Crippen LogP contribution in [-0.4, -0.2) is 56.9 Å². The third-order valence-corrected chi connectivity index (χ3v) is 6.45. The molecule has 2 aromatic carbocycles. The van der Waals surface area contributed by atoms with Crippen LogP contribution in [0.5, 0.6) is 0 Å². The molecule has 7 nitrogen and oxygen atoms in total. The molecule has 10 heteroatoms. The van der Waals surface area contributed by atoms with E-state index in [4.69, 9.17) is 23.8 Å². The van der Waals surface area contributed by atoms with Gasteiger partial charge in [-0.05, 0) is 55.8 Å². The topological polar surface area (TPSA) is 71.4 Å². The second kappa shape index (κ2) is 9.44. The third-order valence-electron chi connectivity index (χ3n) is 4.67. The fourth-order valence-electron chi connectivity index (χ4n) is 3.04. The predicted molar refractivity (Wildman–Crippen MR) is 132 cm³/mol. The third kappa shape index (κ3) is 5.48. The van der Waals surface area contributed by atoms with Gasteiger partial charge in [-0.2, -0.15) is 10.2 Å². The normalized spacial score (nSPS) is 17.8. The molecule has 0 bridgehead atoms. The number of urea groups is 1. The van der Waals surface area contributed by atoms with Gasteiger partial charge in [-0.25, -0.2) is 9.80 Å². The molecule has 2 N–H and O–H groups in total. The first kappa shape index (κ1) is 23.3. The first-order valence-electron chi connectivity index (χ1n) is 9.47. The number of thiocarbonyl (C=S) groups is 1. The van der Waals surface area contributed by atoms with Crippen molar-refractivity contribution in [2.75, 3.05) is 24.3 Å². The molecule has 164 valence electrons. The molecular weight excluding hydrogens is 454 g/mol. The van der Waals surface area contributed by atoms with Gasteiger partial charge in [-0.1, -0.05) is 47.7 Å². The number of thioether (sulfide) groups is 1. The molecule has 1 unspecified atom stereocenters. The van der Waals surface area contributed by atoms with Crippen LogP contribution < -0.4 is 10.2 Å². The van der Waals surface area contributed by atoms with E-state index in [-0.39, 0.29) is 0 Å². The van der Waals surface area contributed by atoms with Crippen molar-refractivity contribution in [2.24, 2.45) is 5.10 Å². The van der Waals surface area contributed by atoms with Crippen molar-refractivity contribution in [1.29, 1.82) is 0 Å². The number of halogens is 1. The molecule has 0 radical (unpaired) electrons. The van der Waals surface area contributed by atoms with Crippen LogP contribution in [0.25, 0.3) is 0 Å². The SMILES string of the molecule is CN(C)c1ccc(/C=N/N2C(=S)SC(C)(C)C2N(O)C(=O)Nc2ccc(Cl)cc2)cc1. The molecule has 2 amide bonds. The van der Waals surface area contributed by atoms with E-state index in [1.54, 1.807) is 30.5 Å². The molecule has 1 aliphatic heterocycles. The zero-order valence-corrected chi connectivity index (χ0v) is 20.0. The summed E-state index contributed by atoms with van der Waals surface area (Å²) in [6, 6.07) is 13.8.